The highest BCUT2D eigenvalue weighted by atomic mass is 16.3. The second kappa shape index (κ2) is 6.89. The molecule has 0 saturated carbocycles. The van der Waals surface area contributed by atoms with E-state index in [1.165, 1.54) is 0 Å². The maximum absolute atomic E-state index is 10.6. The number of phenolic OH excluding ortho intramolecular Hbond substituents is 1. The molecule has 0 fully saturated rings. The highest BCUT2D eigenvalue weighted by Gasteiger charge is 2.08. The van der Waals surface area contributed by atoms with Crippen LogP contribution < -0.4 is 11.5 Å². The Kier molecular flexibility index (Phi) is 4.27. The summed E-state index contributed by atoms with van der Waals surface area (Å²) in [7, 11) is 0. The lowest BCUT2D eigenvalue weighted by molar-refractivity contribution is 0.477. The van der Waals surface area contributed by atoms with Gasteiger partial charge in [-0.25, -0.2) is 0 Å². The van der Waals surface area contributed by atoms with Gasteiger partial charge in [0.05, 0.1) is 0 Å². The van der Waals surface area contributed by atoms with E-state index in [2.05, 4.69) is 0 Å². The van der Waals surface area contributed by atoms with E-state index in [4.69, 9.17) is 11.5 Å². The van der Waals surface area contributed by atoms with E-state index in [1.807, 2.05) is 84.9 Å². The summed E-state index contributed by atoms with van der Waals surface area (Å²) in [6.07, 6.45) is 0. The average Bonchev–Trinajstić information content (AvgIpc) is 2.68. The number of anilines is 2. The molecular formula is C24H20N2O. The number of phenols is 1. The maximum Gasteiger partial charge on any atom is 0.124 e. The highest BCUT2D eigenvalue weighted by Crippen LogP contribution is 2.35. The van der Waals surface area contributed by atoms with Crippen molar-refractivity contribution in [2.75, 3.05) is 11.5 Å². The molecule has 0 bridgehead atoms. The average molecular weight is 352 g/mol. The van der Waals surface area contributed by atoms with E-state index in [0.717, 1.165) is 39.1 Å². The molecular weight excluding hydrogens is 332 g/mol. The quantitative estimate of drug-likeness (QED) is 0.423. The Morgan fingerprint density at radius 3 is 1.52 bits per heavy atom. The smallest absolute Gasteiger partial charge is 0.124 e. The minimum Gasteiger partial charge on any atom is -0.507 e. The Hall–Kier alpha value is -3.72. The van der Waals surface area contributed by atoms with Crippen LogP contribution in [-0.4, -0.2) is 5.11 Å². The van der Waals surface area contributed by atoms with Crippen molar-refractivity contribution in [1.82, 2.24) is 0 Å². The van der Waals surface area contributed by atoms with Crippen molar-refractivity contribution in [3.05, 3.63) is 91.0 Å². The van der Waals surface area contributed by atoms with Gasteiger partial charge in [0, 0.05) is 16.9 Å². The molecule has 4 aromatic rings. The first-order chi connectivity index (χ1) is 13.1. The van der Waals surface area contributed by atoms with Gasteiger partial charge in [-0.2, -0.15) is 0 Å². The van der Waals surface area contributed by atoms with Gasteiger partial charge in [0.2, 0.25) is 0 Å². The first-order valence-electron chi connectivity index (χ1n) is 8.75. The zero-order valence-electron chi connectivity index (χ0n) is 14.8. The zero-order valence-corrected chi connectivity index (χ0v) is 14.8. The lowest BCUT2D eigenvalue weighted by atomic mass is 9.97. The van der Waals surface area contributed by atoms with Crippen molar-refractivity contribution >= 4 is 11.4 Å². The highest BCUT2D eigenvalue weighted by molar-refractivity contribution is 5.78. The van der Waals surface area contributed by atoms with Crippen LogP contribution in [0.25, 0.3) is 33.4 Å². The molecule has 3 nitrogen and oxygen atoms in total. The number of hydrogen-bond donors (Lipinski definition) is 3. The van der Waals surface area contributed by atoms with Crippen molar-refractivity contribution in [2.45, 2.75) is 0 Å². The fourth-order valence-corrected chi connectivity index (χ4v) is 3.23. The van der Waals surface area contributed by atoms with Gasteiger partial charge in [0.15, 0.2) is 0 Å². The molecule has 0 aliphatic carbocycles. The summed E-state index contributed by atoms with van der Waals surface area (Å²) in [4.78, 5) is 0. The number of benzene rings is 4. The predicted octanol–water partition coefficient (Wildman–Crippen LogP) is 5.56. The Morgan fingerprint density at radius 1 is 0.481 bits per heavy atom. The second-order valence-corrected chi connectivity index (χ2v) is 6.56. The summed E-state index contributed by atoms with van der Waals surface area (Å²) in [5.41, 5.74) is 19.0. The van der Waals surface area contributed by atoms with Crippen LogP contribution in [0.4, 0.5) is 11.4 Å². The van der Waals surface area contributed by atoms with Crippen molar-refractivity contribution in [1.29, 1.82) is 0 Å². The van der Waals surface area contributed by atoms with E-state index in [9.17, 15) is 5.11 Å². The molecule has 3 heteroatoms. The van der Waals surface area contributed by atoms with Crippen molar-refractivity contribution in [3.8, 4) is 39.1 Å². The van der Waals surface area contributed by atoms with Crippen LogP contribution >= 0.6 is 0 Å². The van der Waals surface area contributed by atoms with E-state index in [-0.39, 0.29) is 5.75 Å². The van der Waals surface area contributed by atoms with Crippen molar-refractivity contribution < 1.29 is 5.11 Å². The molecule has 4 aromatic carbocycles. The zero-order chi connectivity index (χ0) is 18.8. The fraction of sp³-hybridized carbons (Fsp3) is 0. The standard InChI is InChI=1S/C24H20N2O/c25-21-5-1-3-18(13-21)16-7-9-17(10-8-16)23-12-11-20(15-24(23)27)19-4-2-6-22(26)14-19/h1-15,27H,25-26H2. The summed E-state index contributed by atoms with van der Waals surface area (Å²) < 4.78 is 0. The van der Waals surface area contributed by atoms with Crippen LogP contribution in [0.1, 0.15) is 0 Å². The van der Waals surface area contributed by atoms with Gasteiger partial charge < -0.3 is 16.6 Å². The van der Waals surface area contributed by atoms with Crippen LogP contribution in [0.5, 0.6) is 5.75 Å². The number of nitrogens with two attached hydrogens (primary N) is 2. The molecule has 0 radical (unpaired) electrons. The fourth-order valence-electron chi connectivity index (χ4n) is 3.23. The van der Waals surface area contributed by atoms with Gasteiger partial charge in [-0.05, 0) is 58.1 Å². The number of nitrogen functional groups attached to an aromatic ring is 2. The molecule has 0 aromatic heterocycles. The Bertz CT molecular complexity index is 1100. The van der Waals surface area contributed by atoms with Gasteiger partial charge in [-0.3, -0.25) is 0 Å². The van der Waals surface area contributed by atoms with Crippen molar-refractivity contribution in [2.24, 2.45) is 0 Å². The first-order valence-corrected chi connectivity index (χ1v) is 8.75. The predicted molar refractivity (Wildman–Crippen MR) is 113 cm³/mol. The van der Waals surface area contributed by atoms with Crippen LogP contribution in [-0.2, 0) is 0 Å². The van der Waals surface area contributed by atoms with E-state index < -0.39 is 0 Å². The summed E-state index contributed by atoms with van der Waals surface area (Å²) in [5.74, 6) is 0.242. The number of aromatic hydroxyl groups is 1. The Labute approximate surface area is 158 Å². The molecule has 0 spiro atoms. The molecule has 0 amide bonds. The molecule has 132 valence electrons. The third-order valence-corrected chi connectivity index (χ3v) is 4.63. The summed E-state index contributed by atoms with van der Waals surface area (Å²) in [6.45, 7) is 0. The molecule has 5 N–H and O–H groups in total. The third-order valence-electron chi connectivity index (χ3n) is 4.63. The van der Waals surface area contributed by atoms with E-state index in [1.54, 1.807) is 6.07 Å². The summed E-state index contributed by atoms with van der Waals surface area (Å²) in [6, 6.07) is 29.2. The Morgan fingerprint density at radius 2 is 0.963 bits per heavy atom. The van der Waals surface area contributed by atoms with E-state index >= 15 is 0 Å². The minimum absolute atomic E-state index is 0.242. The third kappa shape index (κ3) is 3.48. The monoisotopic (exact) mass is 352 g/mol. The van der Waals surface area contributed by atoms with Crippen LogP contribution in [0.15, 0.2) is 91.0 Å². The van der Waals surface area contributed by atoms with Gasteiger partial charge >= 0.3 is 0 Å². The number of hydrogen-bond acceptors (Lipinski definition) is 3. The van der Waals surface area contributed by atoms with Crippen molar-refractivity contribution in [3.63, 3.8) is 0 Å². The topological polar surface area (TPSA) is 72.3 Å². The summed E-state index contributed by atoms with van der Waals surface area (Å²) in [5, 5.41) is 10.6. The molecule has 27 heavy (non-hydrogen) atoms. The molecule has 4 rings (SSSR count). The maximum atomic E-state index is 10.6. The van der Waals surface area contributed by atoms with Gasteiger partial charge in [0.1, 0.15) is 5.75 Å². The van der Waals surface area contributed by atoms with Gasteiger partial charge in [-0.15, -0.1) is 0 Å². The molecule has 0 aliphatic rings. The van der Waals surface area contributed by atoms with Gasteiger partial charge in [0.25, 0.3) is 0 Å². The first kappa shape index (κ1) is 16.7. The minimum atomic E-state index is 0.242. The molecule has 0 heterocycles. The normalized spacial score (nSPS) is 10.7. The largest absolute Gasteiger partial charge is 0.507 e. The molecule has 0 saturated heterocycles. The molecule has 0 atom stereocenters. The van der Waals surface area contributed by atoms with Crippen LogP contribution in [0, 0.1) is 0 Å². The second-order valence-electron chi connectivity index (χ2n) is 6.56. The lowest BCUT2D eigenvalue weighted by Gasteiger charge is -2.10. The SMILES string of the molecule is Nc1cccc(-c2ccc(-c3ccc(-c4cccc(N)c4)cc3O)cc2)c1. The number of rotatable bonds is 3. The Balaban J connectivity index is 1.65. The van der Waals surface area contributed by atoms with E-state index in [0.29, 0.717) is 5.69 Å². The van der Waals surface area contributed by atoms with Crippen LogP contribution in [0.3, 0.4) is 0 Å². The molecule has 0 aliphatic heterocycles. The summed E-state index contributed by atoms with van der Waals surface area (Å²) >= 11 is 0. The van der Waals surface area contributed by atoms with Gasteiger partial charge in [-0.1, -0.05) is 60.7 Å². The lowest BCUT2D eigenvalue weighted by Crippen LogP contribution is -1.87. The molecule has 0 unspecified atom stereocenters. The van der Waals surface area contributed by atoms with Crippen LogP contribution in [0.2, 0.25) is 0 Å².